The van der Waals surface area contributed by atoms with Gasteiger partial charge in [-0.2, -0.15) is 0 Å². The van der Waals surface area contributed by atoms with Crippen LogP contribution in [0.2, 0.25) is 0 Å². The van der Waals surface area contributed by atoms with Gasteiger partial charge in [-0.1, -0.05) is 235 Å². The molecule has 0 saturated heterocycles. The summed E-state index contributed by atoms with van der Waals surface area (Å²) < 4.78 is 0. The summed E-state index contributed by atoms with van der Waals surface area (Å²) in [5.74, 6) is 9.27. The molecule has 280 valence electrons. The first kappa shape index (κ1) is 43.2. The van der Waals surface area contributed by atoms with Gasteiger partial charge in [-0.3, -0.25) is 0 Å². The van der Waals surface area contributed by atoms with Gasteiger partial charge in [-0.25, -0.2) is 0 Å². The van der Waals surface area contributed by atoms with E-state index in [-0.39, 0.29) is 0 Å². The highest BCUT2D eigenvalue weighted by molar-refractivity contribution is 4.82. The zero-order valence-electron chi connectivity index (χ0n) is 34.1. The summed E-state index contributed by atoms with van der Waals surface area (Å²) in [6.07, 6.45) is 46.9. The first-order valence-electron chi connectivity index (χ1n) is 22.9. The molecule has 0 amide bonds. The number of hydrogen-bond donors (Lipinski definition) is 0. The molecule has 0 nitrogen and oxygen atoms in total. The van der Waals surface area contributed by atoms with Crippen LogP contribution in [0.15, 0.2) is 0 Å². The second-order valence-electron chi connectivity index (χ2n) is 18.4. The smallest absolute Gasteiger partial charge is 0.0383 e. The average molecular weight is 657 g/mol. The third-order valence-electron chi connectivity index (χ3n) is 13.8. The highest BCUT2D eigenvalue weighted by Gasteiger charge is 2.31. The molecule has 0 heterocycles. The molecule has 0 aliphatic heterocycles. The first-order chi connectivity index (χ1) is 22.9. The Morgan fingerprint density at radius 1 is 0.213 bits per heavy atom. The summed E-state index contributed by atoms with van der Waals surface area (Å²) in [7, 11) is 0. The molecule has 5 aliphatic carbocycles. The van der Waals surface area contributed by atoms with Crippen molar-refractivity contribution in [1.82, 2.24) is 0 Å². The zero-order valence-corrected chi connectivity index (χ0v) is 34.1. The van der Waals surface area contributed by atoms with Crippen LogP contribution in [0.1, 0.15) is 248 Å². The van der Waals surface area contributed by atoms with Crippen molar-refractivity contribution in [1.29, 1.82) is 0 Å². The third-order valence-corrected chi connectivity index (χ3v) is 13.8. The molecule has 5 aliphatic rings. The van der Waals surface area contributed by atoms with Crippen molar-refractivity contribution in [2.75, 3.05) is 0 Å². The molecule has 2 atom stereocenters. The lowest BCUT2D eigenvalue weighted by Gasteiger charge is -2.38. The van der Waals surface area contributed by atoms with Crippen LogP contribution in [0.5, 0.6) is 0 Å². The van der Waals surface area contributed by atoms with E-state index in [1.54, 1.807) is 57.8 Å². The van der Waals surface area contributed by atoms with Gasteiger partial charge in [-0.15, -0.1) is 0 Å². The molecule has 5 rings (SSSR count). The van der Waals surface area contributed by atoms with Crippen LogP contribution in [0.4, 0.5) is 0 Å². The molecular weight excluding hydrogens is 565 g/mol. The van der Waals surface area contributed by atoms with E-state index in [0.717, 1.165) is 53.3 Å². The van der Waals surface area contributed by atoms with Crippen molar-refractivity contribution in [3.63, 3.8) is 0 Å². The molecule has 0 spiro atoms. The van der Waals surface area contributed by atoms with E-state index in [4.69, 9.17) is 0 Å². The van der Waals surface area contributed by atoms with Crippen molar-refractivity contribution >= 4 is 0 Å². The van der Waals surface area contributed by atoms with E-state index >= 15 is 0 Å². The summed E-state index contributed by atoms with van der Waals surface area (Å²) in [4.78, 5) is 0. The van der Waals surface area contributed by atoms with E-state index in [9.17, 15) is 0 Å². The predicted octanol–water partition coefficient (Wildman–Crippen LogP) is 16.8. The Morgan fingerprint density at radius 2 is 0.426 bits per heavy atom. The van der Waals surface area contributed by atoms with Crippen molar-refractivity contribution in [3.05, 3.63) is 0 Å². The summed E-state index contributed by atoms with van der Waals surface area (Å²) in [6, 6.07) is 0. The Bertz CT molecular complexity index is 588. The predicted molar refractivity (Wildman–Crippen MR) is 214 cm³/mol. The van der Waals surface area contributed by atoms with Crippen LogP contribution in [-0.4, -0.2) is 0 Å². The molecule has 0 aromatic heterocycles. The maximum absolute atomic E-state index is 2.61. The first-order valence-corrected chi connectivity index (χ1v) is 22.9. The van der Waals surface area contributed by atoms with Crippen LogP contribution in [0, 0.1) is 53.3 Å². The lowest BCUT2D eigenvalue weighted by molar-refractivity contribution is 0.137. The standard InChI is InChI=1S/C27H50.2C9H18.C2H6/c1-21-9-4-13-24(14-5-10-21)26-17-8-18-27(20-23(3)19-26)25-15-6-11-22(2)12-7-16-25;2*1-9-7-5-3-2-4-6-8-9;1-2/h21-27H,4-20H2,1-3H3;2*9H,2-8H2,1H3;1-2H3. The lowest BCUT2D eigenvalue weighted by atomic mass is 9.68. The summed E-state index contributed by atoms with van der Waals surface area (Å²) in [5, 5.41) is 0. The zero-order chi connectivity index (χ0) is 34.1. The van der Waals surface area contributed by atoms with Crippen molar-refractivity contribution in [2.45, 2.75) is 248 Å². The van der Waals surface area contributed by atoms with Crippen molar-refractivity contribution in [3.8, 4) is 0 Å². The van der Waals surface area contributed by atoms with E-state index in [2.05, 4.69) is 34.6 Å². The molecular formula is C47H92. The summed E-state index contributed by atoms with van der Waals surface area (Å²) in [6.45, 7) is 16.4. The third kappa shape index (κ3) is 20.4. The van der Waals surface area contributed by atoms with Crippen LogP contribution in [0.25, 0.3) is 0 Å². The van der Waals surface area contributed by atoms with Gasteiger partial charge in [0.15, 0.2) is 0 Å². The fourth-order valence-corrected chi connectivity index (χ4v) is 10.6. The van der Waals surface area contributed by atoms with Crippen LogP contribution in [0.3, 0.4) is 0 Å². The second-order valence-corrected chi connectivity index (χ2v) is 18.4. The van der Waals surface area contributed by atoms with E-state index in [1.807, 2.05) is 13.8 Å². The second kappa shape index (κ2) is 27.7. The molecule has 0 radical (unpaired) electrons. The highest BCUT2D eigenvalue weighted by Crippen LogP contribution is 2.43. The summed E-state index contributed by atoms with van der Waals surface area (Å²) in [5.41, 5.74) is 0. The Kier molecular flexibility index (Phi) is 25.4. The average Bonchev–Trinajstić information content (AvgIpc) is 3.00. The van der Waals surface area contributed by atoms with Crippen LogP contribution >= 0.6 is 0 Å². The largest absolute Gasteiger partial charge is 0.0683 e. The van der Waals surface area contributed by atoms with Gasteiger partial charge in [0, 0.05) is 0 Å². The van der Waals surface area contributed by atoms with Gasteiger partial charge in [-0.05, 0) is 66.1 Å². The minimum Gasteiger partial charge on any atom is -0.0683 e. The van der Waals surface area contributed by atoms with Gasteiger partial charge in [0.25, 0.3) is 0 Å². The molecule has 0 N–H and O–H groups in total. The fourth-order valence-electron chi connectivity index (χ4n) is 10.6. The fraction of sp³-hybridized carbons (Fsp3) is 1.00. The van der Waals surface area contributed by atoms with Crippen LogP contribution < -0.4 is 0 Å². The maximum Gasteiger partial charge on any atom is -0.0383 e. The minimum atomic E-state index is 0.981. The SMILES string of the molecule is CC.CC1CCCC(C2CCCC(C3CCCC(C)CCC3)CC(C)C2)CCC1.CC1CCCCCCC1.CC1CCCCCCC1. The van der Waals surface area contributed by atoms with E-state index in [0.29, 0.717) is 0 Å². The maximum atomic E-state index is 2.61. The molecule has 0 aromatic rings. The molecule has 0 bridgehead atoms. The topological polar surface area (TPSA) is 0 Å². The Balaban J connectivity index is 0.000000311. The van der Waals surface area contributed by atoms with Gasteiger partial charge < -0.3 is 0 Å². The van der Waals surface area contributed by atoms with Crippen molar-refractivity contribution < 1.29 is 0 Å². The van der Waals surface area contributed by atoms with Gasteiger partial charge in [0.05, 0.1) is 0 Å². The molecule has 5 saturated carbocycles. The Labute approximate surface area is 300 Å². The van der Waals surface area contributed by atoms with E-state index in [1.165, 1.54) is 141 Å². The monoisotopic (exact) mass is 657 g/mol. The molecule has 0 heteroatoms. The van der Waals surface area contributed by atoms with Gasteiger partial charge in [0.1, 0.15) is 0 Å². The van der Waals surface area contributed by atoms with Crippen molar-refractivity contribution in [2.24, 2.45) is 53.3 Å². The van der Waals surface area contributed by atoms with Gasteiger partial charge in [0.2, 0.25) is 0 Å². The molecule has 0 aromatic carbocycles. The highest BCUT2D eigenvalue weighted by atomic mass is 14.4. The number of rotatable bonds is 2. The normalized spacial score (nSPS) is 34.7. The van der Waals surface area contributed by atoms with E-state index < -0.39 is 0 Å². The summed E-state index contributed by atoms with van der Waals surface area (Å²) >= 11 is 0. The lowest BCUT2D eigenvalue weighted by Crippen LogP contribution is -2.26. The van der Waals surface area contributed by atoms with Gasteiger partial charge >= 0.3 is 0 Å². The Hall–Kier alpha value is 0. The quantitative estimate of drug-likeness (QED) is 0.277. The Morgan fingerprint density at radius 3 is 0.723 bits per heavy atom. The number of hydrogen-bond acceptors (Lipinski definition) is 0. The van der Waals surface area contributed by atoms with Crippen LogP contribution in [-0.2, 0) is 0 Å². The molecule has 5 fully saturated rings. The minimum absolute atomic E-state index is 0.981. The molecule has 47 heavy (non-hydrogen) atoms. The molecule has 2 unspecified atom stereocenters.